The molecular weight excluding hydrogens is 268 g/mol. The van der Waals surface area contributed by atoms with Gasteiger partial charge in [-0.3, -0.25) is 9.69 Å². The maximum Gasteiger partial charge on any atom is 0.238 e. The molecule has 0 radical (unpaired) electrons. The van der Waals surface area contributed by atoms with Crippen molar-refractivity contribution in [1.29, 1.82) is 0 Å². The third kappa shape index (κ3) is 2.91. The second kappa shape index (κ2) is 5.35. The molecule has 1 amide bonds. The van der Waals surface area contributed by atoms with Crippen molar-refractivity contribution in [2.45, 2.75) is 18.4 Å². The average Bonchev–Trinajstić information content (AvgIpc) is 2.38. The van der Waals surface area contributed by atoms with Crippen molar-refractivity contribution in [2.24, 2.45) is 5.73 Å². The van der Waals surface area contributed by atoms with Crippen LogP contribution in [0.15, 0.2) is 0 Å². The van der Waals surface area contributed by atoms with Crippen LogP contribution in [0.4, 0.5) is 0 Å². The number of hydrogen-bond donors (Lipinski definition) is 2. The molecule has 0 aliphatic carbocycles. The van der Waals surface area contributed by atoms with Gasteiger partial charge >= 0.3 is 0 Å². The van der Waals surface area contributed by atoms with Gasteiger partial charge in [0.1, 0.15) is 5.54 Å². The minimum Gasteiger partial charge on any atom is -0.368 e. The molecule has 2 rings (SSSR count). The normalized spacial score (nSPS) is 26.2. The minimum atomic E-state index is -3.18. The number of sulfonamides is 1. The Kier molecular flexibility index (Phi) is 4.14. The number of piperazine rings is 1. The van der Waals surface area contributed by atoms with Crippen molar-refractivity contribution in [1.82, 2.24) is 14.5 Å². The van der Waals surface area contributed by atoms with Crippen LogP contribution < -0.4 is 11.1 Å². The van der Waals surface area contributed by atoms with Crippen molar-refractivity contribution < 1.29 is 13.2 Å². The molecule has 2 aliphatic heterocycles. The van der Waals surface area contributed by atoms with E-state index in [1.54, 1.807) is 0 Å². The molecule has 19 heavy (non-hydrogen) atoms. The molecule has 3 N–H and O–H groups in total. The molecule has 0 spiro atoms. The van der Waals surface area contributed by atoms with Gasteiger partial charge in [-0.25, -0.2) is 12.7 Å². The summed E-state index contributed by atoms with van der Waals surface area (Å²) in [7, 11) is -3.18. The molecule has 2 saturated heterocycles. The maximum absolute atomic E-state index is 11.9. The van der Waals surface area contributed by atoms with Gasteiger partial charge in [0.25, 0.3) is 0 Å². The van der Waals surface area contributed by atoms with E-state index in [9.17, 15) is 13.2 Å². The van der Waals surface area contributed by atoms with Crippen LogP contribution in [0.2, 0.25) is 0 Å². The molecule has 7 nitrogen and oxygen atoms in total. The Labute approximate surface area is 114 Å². The van der Waals surface area contributed by atoms with E-state index < -0.39 is 15.6 Å². The summed E-state index contributed by atoms with van der Waals surface area (Å²) in [5.41, 5.74) is 4.94. The van der Waals surface area contributed by atoms with Gasteiger partial charge in [-0.1, -0.05) is 0 Å². The third-order valence-corrected chi connectivity index (χ3v) is 5.50. The number of piperidine rings is 1. The number of primary amides is 1. The van der Waals surface area contributed by atoms with E-state index in [2.05, 4.69) is 10.2 Å². The van der Waals surface area contributed by atoms with Gasteiger partial charge in [0, 0.05) is 39.3 Å². The van der Waals surface area contributed by atoms with Gasteiger partial charge < -0.3 is 11.1 Å². The van der Waals surface area contributed by atoms with E-state index in [0.29, 0.717) is 25.9 Å². The fraction of sp³-hybridized carbons (Fsp3) is 0.909. The highest BCUT2D eigenvalue weighted by molar-refractivity contribution is 7.88. The quantitative estimate of drug-likeness (QED) is 0.637. The summed E-state index contributed by atoms with van der Waals surface area (Å²) in [4.78, 5) is 14.0. The number of nitrogens with one attached hydrogen (secondary N) is 1. The number of carbonyl (C=O) groups is 1. The van der Waals surface area contributed by atoms with Crippen molar-refractivity contribution in [3.05, 3.63) is 0 Å². The molecule has 0 aromatic heterocycles. The number of hydrogen-bond acceptors (Lipinski definition) is 5. The highest BCUT2D eigenvalue weighted by Crippen LogP contribution is 2.30. The van der Waals surface area contributed by atoms with E-state index in [1.807, 2.05) is 0 Å². The summed E-state index contributed by atoms with van der Waals surface area (Å²) in [6.45, 7) is 3.97. The van der Waals surface area contributed by atoms with Crippen LogP contribution in [-0.2, 0) is 14.8 Å². The van der Waals surface area contributed by atoms with Crippen LogP contribution in [0.5, 0.6) is 0 Å². The van der Waals surface area contributed by atoms with Gasteiger partial charge in [-0.05, 0) is 12.8 Å². The van der Waals surface area contributed by atoms with Crippen molar-refractivity contribution >= 4 is 15.9 Å². The van der Waals surface area contributed by atoms with Crippen LogP contribution in [0.25, 0.3) is 0 Å². The SMILES string of the molecule is CS(=O)(=O)N1CCC(C(N)=O)(N2CCNCC2)CC1. The van der Waals surface area contributed by atoms with Gasteiger partial charge in [-0.15, -0.1) is 0 Å². The Balaban J connectivity index is 2.13. The van der Waals surface area contributed by atoms with Gasteiger partial charge in [0.15, 0.2) is 0 Å². The largest absolute Gasteiger partial charge is 0.368 e. The number of amides is 1. The molecule has 2 fully saturated rings. The molecule has 8 heteroatoms. The highest BCUT2D eigenvalue weighted by atomic mass is 32.2. The second-order valence-corrected chi connectivity index (χ2v) is 7.28. The molecule has 0 aromatic rings. The summed E-state index contributed by atoms with van der Waals surface area (Å²) in [5, 5.41) is 3.24. The Bertz CT molecular complexity index is 437. The number of carbonyl (C=O) groups excluding carboxylic acids is 1. The lowest BCUT2D eigenvalue weighted by Crippen LogP contribution is -2.65. The van der Waals surface area contributed by atoms with E-state index in [0.717, 1.165) is 26.2 Å². The summed E-state index contributed by atoms with van der Waals surface area (Å²) in [5.74, 6) is -0.331. The lowest BCUT2D eigenvalue weighted by Gasteiger charge is -2.47. The fourth-order valence-electron chi connectivity index (χ4n) is 3.00. The molecule has 0 atom stereocenters. The van der Waals surface area contributed by atoms with Crippen molar-refractivity contribution in [3.63, 3.8) is 0 Å². The zero-order chi connectivity index (χ0) is 14.1. The lowest BCUT2D eigenvalue weighted by atomic mass is 9.85. The summed E-state index contributed by atoms with van der Waals surface area (Å²) in [6, 6.07) is 0. The third-order valence-electron chi connectivity index (χ3n) is 4.20. The van der Waals surface area contributed by atoms with E-state index in [1.165, 1.54) is 10.6 Å². The zero-order valence-corrected chi connectivity index (χ0v) is 12.1. The molecule has 0 saturated carbocycles. The zero-order valence-electron chi connectivity index (χ0n) is 11.3. The van der Waals surface area contributed by atoms with Gasteiger partial charge in [-0.2, -0.15) is 0 Å². The standard InChI is InChI=1S/C11H22N4O3S/c1-19(17,18)15-6-2-11(3-7-15,10(12)16)14-8-4-13-5-9-14/h13H,2-9H2,1H3,(H2,12,16). The first-order chi connectivity index (χ1) is 8.86. The topological polar surface area (TPSA) is 95.7 Å². The first-order valence-corrected chi connectivity index (χ1v) is 8.42. The van der Waals surface area contributed by atoms with Crippen LogP contribution in [0.3, 0.4) is 0 Å². The molecule has 0 bridgehead atoms. The van der Waals surface area contributed by atoms with Crippen LogP contribution in [0.1, 0.15) is 12.8 Å². The lowest BCUT2D eigenvalue weighted by molar-refractivity contribution is -0.133. The summed E-state index contributed by atoms with van der Waals surface area (Å²) >= 11 is 0. The van der Waals surface area contributed by atoms with Crippen LogP contribution >= 0.6 is 0 Å². The first kappa shape index (κ1) is 14.7. The molecule has 2 aliphatic rings. The van der Waals surface area contributed by atoms with Crippen LogP contribution in [-0.4, -0.2) is 74.6 Å². The van der Waals surface area contributed by atoms with Crippen molar-refractivity contribution in [3.8, 4) is 0 Å². The molecular formula is C11H22N4O3S. The monoisotopic (exact) mass is 290 g/mol. The minimum absolute atomic E-state index is 0.331. The number of nitrogens with zero attached hydrogens (tertiary/aromatic N) is 2. The Morgan fingerprint density at radius 2 is 1.68 bits per heavy atom. The Morgan fingerprint density at radius 1 is 1.16 bits per heavy atom. The molecule has 0 aromatic carbocycles. The first-order valence-electron chi connectivity index (χ1n) is 6.57. The van der Waals surface area contributed by atoms with Crippen LogP contribution in [0, 0.1) is 0 Å². The molecule has 110 valence electrons. The fourth-order valence-corrected chi connectivity index (χ4v) is 3.84. The predicted octanol–water partition coefficient (Wildman–Crippen LogP) is -1.83. The number of rotatable bonds is 3. The second-order valence-electron chi connectivity index (χ2n) is 5.29. The van der Waals surface area contributed by atoms with Gasteiger partial charge in [0.05, 0.1) is 6.26 Å². The van der Waals surface area contributed by atoms with Gasteiger partial charge in [0.2, 0.25) is 15.9 Å². The highest BCUT2D eigenvalue weighted by Gasteiger charge is 2.46. The van der Waals surface area contributed by atoms with E-state index >= 15 is 0 Å². The Morgan fingerprint density at radius 3 is 2.11 bits per heavy atom. The summed E-state index contributed by atoms with van der Waals surface area (Å²) in [6.07, 6.45) is 2.17. The average molecular weight is 290 g/mol. The van der Waals surface area contributed by atoms with E-state index in [4.69, 9.17) is 5.73 Å². The molecule has 0 unspecified atom stereocenters. The van der Waals surface area contributed by atoms with Crippen molar-refractivity contribution in [2.75, 3.05) is 45.5 Å². The maximum atomic E-state index is 11.9. The van der Waals surface area contributed by atoms with E-state index in [-0.39, 0.29) is 5.91 Å². The smallest absolute Gasteiger partial charge is 0.238 e. The number of nitrogens with two attached hydrogens (primary N) is 1. The molecule has 2 heterocycles. The predicted molar refractivity (Wildman–Crippen MR) is 72.0 cm³/mol. The Hall–Kier alpha value is -0.700. The summed E-state index contributed by atoms with van der Waals surface area (Å²) < 4.78 is 24.5.